The van der Waals surface area contributed by atoms with Gasteiger partial charge in [-0.05, 0) is 139 Å². The van der Waals surface area contributed by atoms with E-state index in [4.69, 9.17) is 38.3 Å². The number of hydrogen-bond acceptors (Lipinski definition) is 27. The Bertz CT molecular complexity index is 4010. The van der Waals surface area contributed by atoms with Gasteiger partial charge in [0.05, 0.1) is 30.1 Å². The lowest BCUT2D eigenvalue weighted by Crippen LogP contribution is -2.46. The zero-order valence-electron chi connectivity index (χ0n) is 65.8. The Kier molecular flexibility index (Phi) is 37.3. The number of ether oxygens (including phenoxy) is 4. The average Bonchev–Trinajstić information content (AvgIpc) is 1.72. The number of rotatable bonds is 35. The van der Waals surface area contributed by atoms with Crippen LogP contribution in [0.3, 0.4) is 0 Å². The van der Waals surface area contributed by atoms with Gasteiger partial charge in [0.2, 0.25) is 0 Å². The Labute approximate surface area is 647 Å². The summed E-state index contributed by atoms with van der Waals surface area (Å²) in [6.07, 6.45) is -3.26. The zero-order chi connectivity index (χ0) is 81.7. The topological polar surface area (TPSA) is 426 Å². The number of aliphatic imine (C=N–C) groups is 1. The fraction of sp³-hybridized carbons (Fsp3) is 0.506. The molecule has 0 radical (unpaired) electrons. The number of carbonyl (C=O) groups is 4. The molecule has 5 aromatic rings. The first-order valence-corrected chi connectivity index (χ1v) is 36.9. The number of hydrogen-bond donors (Lipinski definition) is 13. The van der Waals surface area contributed by atoms with Gasteiger partial charge in [0, 0.05) is 91.9 Å². The molecule has 604 valence electrons. The molecule has 30 nitrogen and oxygen atoms in total. The molecule has 110 heavy (non-hydrogen) atoms. The molecule has 0 fully saturated rings. The van der Waals surface area contributed by atoms with Crippen molar-refractivity contribution in [2.75, 3.05) is 81.5 Å². The Morgan fingerprint density at radius 2 is 0.955 bits per heavy atom. The molecule has 0 spiro atoms. The van der Waals surface area contributed by atoms with Gasteiger partial charge in [-0.25, -0.2) is 0 Å². The first-order chi connectivity index (χ1) is 52.0. The molecule has 0 saturated heterocycles. The Hall–Kier alpha value is -8.93. The van der Waals surface area contributed by atoms with E-state index >= 15 is 0 Å². The predicted molar refractivity (Wildman–Crippen MR) is 428 cm³/mol. The van der Waals surface area contributed by atoms with Crippen molar-refractivity contribution in [2.45, 2.75) is 183 Å². The number of aliphatic hydroxyl groups excluding tert-OH is 8. The monoisotopic (exact) mass is 1550 g/mol. The minimum absolute atomic E-state index is 0.00160. The van der Waals surface area contributed by atoms with Crippen LogP contribution in [0, 0.1) is 23.2 Å². The Morgan fingerprint density at radius 3 is 1.41 bits per heavy atom. The molecular formula is C79H112N10O20S. The normalized spacial score (nSPS) is 16.6. The highest BCUT2D eigenvalue weighted by atomic mass is 32.1. The standard InChI is InChI=1S/2C20H29N3O5.C20H28N2O5.C19H26N2O5S/c1-11(2)20(27-5)18(19(26)13(4)24)23-28-10-17(25)22-15-6-7-16-14(9-15)8-12(3)21-16;1-12(24)18(26)17(19(27-5)20(2,3)4)23-28-11-16(25)22-14-7-6-13-8-9-21-15(13)10-14;1-12(2)20(26-4)18(19(25)13(3)23)22-27-11-17(24)21-16-10-6-8-14-7-5-9-15(14)16;1-11(2)19(25-4)17(18(24)12(3)22)21-26-10-16(23)20-14-6-5-13-7-8-27-15(13)9-14/h6-7,9,11,13,19-21,24,26H,3,8,10H2,1-2,4-5H3,(H,22,25);6-7,9-10,12,18-19,24,26H,8,11H2,1-5H3,(H,22,25);5-6,8-10,12-13,19-20,23,25H,7,11H2,1-4H3,(H,21,24);5-9,11-12,18-19,22,24H,10H2,1-4H3,(H,20,23)/b23-18+;23-17+;22-18+;21-17+/t13-,19+,20+;12-,18+,19-;13-,19+,20+;12-,18+,19+/m1111/s1. The van der Waals surface area contributed by atoms with Gasteiger partial charge in [-0.15, -0.1) is 11.3 Å². The van der Waals surface area contributed by atoms with Crippen LogP contribution in [0.25, 0.3) is 16.2 Å². The molecule has 0 unspecified atom stereocenters. The summed E-state index contributed by atoms with van der Waals surface area (Å²) in [5.74, 6) is -1.55. The summed E-state index contributed by atoms with van der Waals surface area (Å²) >= 11 is 1.59. The predicted octanol–water partition coefficient (Wildman–Crippen LogP) is 8.56. The number of thiophene rings is 1. The molecule has 12 atom stereocenters. The third-order valence-electron chi connectivity index (χ3n) is 17.1. The van der Waals surface area contributed by atoms with Crippen molar-refractivity contribution in [1.29, 1.82) is 0 Å². The SMILES string of the molecule is C=C1Cc2cc(NC(=O)CO/N=C(/[C@@H](OC)C(C)C)[C@@H](O)[C@@H](C)O)ccc2N1.CO[C@H](/C(=N/OCC(=O)Nc1ccc2c(c1)N=CC2)[C@@H](O)[C@@H](C)O)C(C)(C)C.CO[C@H](/C(=N/OCC(=O)Nc1ccc2ccsc2c1)[C@@H](O)[C@@H](C)O)C(C)C.CO[C@H](/C(=N/OCC(=O)Nc1cccc2c1C=CC2)[C@@H](O)[C@@H](C)O)C(C)C. The van der Waals surface area contributed by atoms with Crippen LogP contribution in [-0.2, 0) is 76.7 Å². The highest BCUT2D eigenvalue weighted by Gasteiger charge is 2.37. The minimum atomic E-state index is -1.28. The fourth-order valence-electron chi connectivity index (χ4n) is 11.6. The van der Waals surface area contributed by atoms with E-state index in [2.05, 4.69) is 58.8 Å². The van der Waals surface area contributed by atoms with Crippen molar-refractivity contribution in [1.82, 2.24) is 0 Å². The van der Waals surface area contributed by atoms with Gasteiger partial charge >= 0.3 is 0 Å². The van der Waals surface area contributed by atoms with E-state index in [1.165, 1.54) is 56.1 Å². The van der Waals surface area contributed by atoms with Crippen LogP contribution in [0.2, 0.25) is 0 Å². The Balaban J connectivity index is 0.000000263. The van der Waals surface area contributed by atoms with Gasteiger partial charge in [-0.2, -0.15) is 0 Å². The molecule has 4 amide bonds. The van der Waals surface area contributed by atoms with Crippen LogP contribution in [0.4, 0.5) is 34.1 Å². The molecular weight excluding hydrogens is 1440 g/mol. The maximum absolute atomic E-state index is 12.2. The van der Waals surface area contributed by atoms with E-state index in [9.17, 15) is 60.0 Å². The molecule has 3 heterocycles. The maximum atomic E-state index is 12.2. The van der Waals surface area contributed by atoms with Crippen molar-refractivity contribution < 1.29 is 98.3 Å². The number of benzene rings is 4. The van der Waals surface area contributed by atoms with Crippen molar-refractivity contribution in [3.63, 3.8) is 0 Å². The number of carbonyl (C=O) groups excluding carboxylic acids is 4. The van der Waals surface area contributed by atoms with E-state index in [0.29, 0.717) is 23.5 Å². The molecule has 3 aliphatic rings. The van der Waals surface area contributed by atoms with Crippen LogP contribution in [0.5, 0.6) is 0 Å². The number of aliphatic hydroxyl groups is 8. The molecule has 1 aromatic heterocycles. The fourth-order valence-corrected chi connectivity index (χ4v) is 12.5. The van der Waals surface area contributed by atoms with E-state index in [1.807, 2.05) is 147 Å². The van der Waals surface area contributed by atoms with Crippen LogP contribution in [0.15, 0.2) is 128 Å². The third kappa shape index (κ3) is 28.1. The van der Waals surface area contributed by atoms with E-state index in [0.717, 1.165) is 67.9 Å². The quantitative estimate of drug-likeness (QED) is 0.0133. The van der Waals surface area contributed by atoms with Gasteiger partial charge in [0.1, 0.15) is 71.7 Å². The van der Waals surface area contributed by atoms with E-state index in [-0.39, 0.29) is 78.8 Å². The summed E-state index contributed by atoms with van der Waals surface area (Å²) in [5.41, 5.74) is 9.90. The second-order valence-corrected chi connectivity index (χ2v) is 29.5. The van der Waals surface area contributed by atoms with Crippen LogP contribution < -0.4 is 26.6 Å². The molecule has 13 N–H and O–H groups in total. The van der Waals surface area contributed by atoms with E-state index in [1.54, 1.807) is 29.5 Å². The first kappa shape index (κ1) is 91.7. The molecule has 31 heteroatoms. The number of anilines is 5. The summed E-state index contributed by atoms with van der Waals surface area (Å²) in [5, 5.41) is 113. The highest BCUT2D eigenvalue weighted by Crippen LogP contribution is 2.32. The summed E-state index contributed by atoms with van der Waals surface area (Å²) in [4.78, 5) is 73.4. The van der Waals surface area contributed by atoms with Crippen LogP contribution in [-0.4, -0.2) is 222 Å². The Morgan fingerprint density at radius 1 is 0.518 bits per heavy atom. The van der Waals surface area contributed by atoms with Gasteiger partial charge < -0.3 is 106 Å². The molecule has 1 aliphatic carbocycles. The lowest BCUT2D eigenvalue weighted by Gasteiger charge is -2.32. The summed E-state index contributed by atoms with van der Waals surface area (Å²) < 4.78 is 22.6. The average molecular weight is 1550 g/mol. The number of methoxy groups -OCH3 is 4. The number of fused-ring (bicyclic) bond motifs is 4. The van der Waals surface area contributed by atoms with Crippen molar-refractivity contribution >= 4 is 114 Å². The number of nitrogens with zero attached hydrogens (tertiary/aromatic N) is 5. The minimum Gasteiger partial charge on any atom is -0.390 e. The summed E-state index contributed by atoms with van der Waals surface area (Å²) in [7, 11) is 5.95. The largest absolute Gasteiger partial charge is 0.390 e. The molecule has 4 aromatic carbocycles. The number of amides is 4. The lowest BCUT2D eigenvalue weighted by atomic mass is 9.83. The first-order valence-electron chi connectivity index (χ1n) is 36.1. The van der Waals surface area contributed by atoms with Crippen LogP contribution in [0.1, 0.15) is 112 Å². The van der Waals surface area contributed by atoms with Crippen molar-refractivity contribution in [3.8, 4) is 0 Å². The van der Waals surface area contributed by atoms with Gasteiger partial charge in [-0.3, -0.25) is 24.2 Å². The highest BCUT2D eigenvalue weighted by molar-refractivity contribution is 7.17. The second-order valence-electron chi connectivity index (χ2n) is 28.6. The zero-order valence-corrected chi connectivity index (χ0v) is 66.6. The maximum Gasteiger partial charge on any atom is 0.265 e. The smallest absolute Gasteiger partial charge is 0.265 e. The van der Waals surface area contributed by atoms with Gasteiger partial charge in [0.15, 0.2) is 26.4 Å². The molecule has 2 aliphatic heterocycles. The second kappa shape index (κ2) is 44.8. The van der Waals surface area contributed by atoms with Crippen molar-refractivity contribution in [2.24, 2.45) is 48.8 Å². The van der Waals surface area contributed by atoms with Gasteiger partial charge in [0.25, 0.3) is 23.6 Å². The van der Waals surface area contributed by atoms with Gasteiger partial charge in [-0.1, -0.05) is 126 Å². The third-order valence-corrected chi connectivity index (χ3v) is 18.0. The molecule has 0 bridgehead atoms. The van der Waals surface area contributed by atoms with Crippen LogP contribution >= 0.6 is 11.3 Å². The number of oxime groups is 4. The molecule has 0 saturated carbocycles. The lowest BCUT2D eigenvalue weighted by molar-refractivity contribution is -0.121. The summed E-state index contributed by atoms with van der Waals surface area (Å²) in [6.45, 7) is 25.4. The summed E-state index contributed by atoms with van der Waals surface area (Å²) in [6, 6.07) is 24.5. The van der Waals surface area contributed by atoms with E-state index < -0.39 is 90.5 Å². The van der Waals surface area contributed by atoms with Crippen molar-refractivity contribution in [3.05, 3.63) is 125 Å². The molecule has 8 rings (SSSR count). The number of allylic oxidation sites excluding steroid dienone is 2. The number of nitrogens with one attached hydrogen (secondary N) is 5.